The number of hydrogen-bond donors (Lipinski definition) is 0. The van der Waals surface area contributed by atoms with E-state index < -0.39 is 30.3 Å². The van der Waals surface area contributed by atoms with Gasteiger partial charge in [-0.05, 0) is 26.3 Å². The Balaban J connectivity index is 1.94. The minimum Gasteiger partial charge on any atom is -0.444 e. The van der Waals surface area contributed by atoms with Gasteiger partial charge in [-0.25, -0.2) is 13.6 Å². The lowest BCUT2D eigenvalue weighted by molar-refractivity contribution is -0.110. The van der Waals surface area contributed by atoms with Crippen LogP contribution in [-0.4, -0.2) is 41.7 Å². The lowest BCUT2D eigenvalue weighted by Crippen LogP contribution is -2.36. The normalized spacial score (nSPS) is 21.0. The van der Waals surface area contributed by atoms with Gasteiger partial charge in [-0.1, -0.05) is 30.3 Å². The lowest BCUT2D eigenvalue weighted by Gasteiger charge is -2.24. The molecule has 1 fully saturated rings. The van der Waals surface area contributed by atoms with Gasteiger partial charge in [0, 0.05) is 0 Å². The van der Waals surface area contributed by atoms with Crippen LogP contribution in [0.15, 0.2) is 30.3 Å². The second-order valence-corrected chi connectivity index (χ2v) is 6.41. The van der Waals surface area contributed by atoms with Crippen molar-refractivity contribution in [3.63, 3.8) is 0 Å². The van der Waals surface area contributed by atoms with Gasteiger partial charge in [-0.2, -0.15) is 0 Å². The first-order chi connectivity index (χ1) is 10.2. The Hall–Kier alpha value is -1.69. The second kappa shape index (κ2) is 6.20. The van der Waals surface area contributed by atoms with E-state index in [4.69, 9.17) is 9.47 Å². The van der Waals surface area contributed by atoms with Crippen LogP contribution in [0.3, 0.4) is 0 Å². The number of likely N-dealkylation sites (tertiary alicyclic amines) is 1. The van der Waals surface area contributed by atoms with Gasteiger partial charge in [-0.15, -0.1) is 0 Å². The summed E-state index contributed by atoms with van der Waals surface area (Å²) in [4.78, 5) is 12.9. The van der Waals surface area contributed by atoms with E-state index in [1.54, 1.807) is 32.9 Å². The van der Waals surface area contributed by atoms with E-state index in [9.17, 15) is 13.6 Å². The maximum absolute atomic E-state index is 14.0. The van der Waals surface area contributed by atoms with Crippen LogP contribution in [-0.2, 0) is 16.1 Å². The molecule has 4 nitrogen and oxygen atoms in total. The fourth-order valence-corrected chi connectivity index (χ4v) is 2.17. The monoisotopic (exact) mass is 313 g/mol. The van der Waals surface area contributed by atoms with Gasteiger partial charge >= 0.3 is 6.09 Å². The molecular formula is C16H21F2NO3. The summed E-state index contributed by atoms with van der Waals surface area (Å²) in [6.45, 7) is 4.33. The largest absolute Gasteiger partial charge is 0.444 e. The smallest absolute Gasteiger partial charge is 0.410 e. The van der Waals surface area contributed by atoms with Gasteiger partial charge in [0.1, 0.15) is 11.7 Å². The number of hydrogen-bond acceptors (Lipinski definition) is 3. The van der Waals surface area contributed by atoms with Crippen molar-refractivity contribution in [2.24, 2.45) is 0 Å². The molecule has 1 aromatic carbocycles. The fraction of sp³-hybridized carbons (Fsp3) is 0.562. The molecule has 0 radical (unpaired) electrons. The van der Waals surface area contributed by atoms with Gasteiger partial charge in [0.05, 0.1) is 19.7 Å². The third kappa shape index (κ3) is 4.40. The van der Waals surface area contributed by atoms with Gasteiger partial charge in [0.25, 0.3) is 5.92 Å². The van der Waals surface area contributed by atoms with Gasteiger partial charge in [0.15, 0.2) is 0 Å². The van der Waals surface area contributed by atoms with Crippen molar-refractivity contribution >= 4 is 6.09 Å². The standard InChI is InChI=1S/C16H21F2NO3/c1-15(2,3)22-14(20)19-9-13(16(17,18)11-19)21-10-12-7-5-4-6-8-12/h4-8,13H,9-11H2,1-3H3. The number of nitrogens with zero attached hydrogens (tertiary/aromatic N) is 1. The molecule has 1 aromatic rings. The summed E-state index contributed by atoms with van der Waals surface area (Å²) in [6, 6.07) is 9.09. The van der Waals surface area contributed by atoms with Crippen molar-refractivity contribution in [3.05, 3.63) is 35.9 Å². The zero-order valence-electron chi connectivity index (χ0n) is 13.0. The molecule has 1 heterocycles. The summed E-state index contributed by atoms with van der Waals surface area (Å²) in [5, 5.41) is 0. The number of ether oxygens (including phenoxy) is 2. The van der Waals surface area contributed by atoms with Crippen LogP contribution in [0.4, 0.5) is 13.6 Å². The van der Waals surface area contributed by atoms with E-state index in [0.717, 1.165) is 10.5 Å². The number of alkyl halides is 2. The average molecular weight is 313 g/mol. The summed E-state index contributed by atoms with van der Waals surface area (Å²) in [5.74, 6) is -3.08. The fourth-order valence-electron chi connectivity index (χ4n) is 2.17. The highest BCUT2D eigenvalue weighted by Gasteiger charge is 2.51. The highest BCUT2D eigenvalue weighted by Crippen LogP contribution is 2.31. The summed E-state index contributed by atoms with van der Waals surface area (Å²) in [6.07, 6.45) is -2.06. The molecule has 122 valence electrons. The zero-order chi connectivity index (χ0) is 16.4. The number of halogens is 2. The minimum atomic E-state index is -3.08. The molecule has 1 unspecified atom stereocenters. The molecular weight excluding hydrogens is 292 g/mol. The lowest BCUT2D eigenvalue weighted by atomic mass is 10.2. The summed E-state index contributed by atoms with van der Waals surface area (Å²) < 4.78 is 38.4. The molecule has 1 aliphatic rings. The SMILES string of the molecule is CC(C)(C)OC(=O)N1CC(OCc2ccccc2)C(F)(F)C1. The van der Waals surface area contributed by atoms with E-state index >= 15 is 0 Å². The van der Waals surface area contributed by atoms with Crippen molar-refractivity contribution < 1.29 is 23.0 Å². The Kier molecular flexibility index (Phi) is 4.70. The van der Waals surface area contributed by atoms with Crippen molar-refractivity contribution in [1.29, 1.82) is 0 Å². The number of carbonyl (C=O) groups is 1. The number of benzene rings is 1. The first-order valence-corrected chi connectivity index (χ1v) is 7.19. The van der Waals surface area contributed by atoms with Gasteiger partial charge in [0.2, 0.25) is 0 Å². The molecule has 1 amide bonds. The summed E-state index contributed by atoms with van der Waals surface area (Å²) in [7, 11) is 0. The van der Waals surface area contributed by atoms with Crippen molar-refractivity contribution in [1.82, 2.24) is 4.90 Å². The van der Waals surface area contributed by atoms with E-state index in [0.29, 0.717) is 0 Å². The second-order valence-electron chi connectivity index (χ2n) is 6.41. The Labute approximate surface area is 129 Å². The summed E-state index contributed by atoms with van der Waals surface area (Å²) >= 11 is 0. The zero-order valence-corrected chi connectivity index (χ0v) is 13.0. The topological polar surface area (TPSA) is 38.8 Å². The van der Waals surface area contributed by atoms with Crippen LogP contribution >= 0.6 is 0 Å². The molecule has 6 heteroatoms. The van der Waals surface area contributed by atoms with E-state index in [1.807, 2.05) is 18.2 Å². The number of amides is 1. The minimum absolute atomic E-state index is 0.0866. The van der Waals surface area contributed by atoms with E-state index in [2.05, 4.69) is 0 Å². The molecule has 22 heavy (non-hydrogen) atoms. The highest BCUT2D eigenvalue weighted by atomic mass is 19.3. The van der Waals surface area contributed by atoms with E-state index in [1.165, 1.54) is 0 Å². The number of rotatable bonds is 3. The molecule has 0 saturated carbocycles. The number of carbonyl (C=O) groups excluding carboxylic acids is 1. The van der Waals surface area contributed by atoms with Gasteiger partial charge in [-0.3, -0.25) is 4.90 Å². The van der Waals surface area contributed by atoms with E-state index in [-0.39, 0.29) is 13.2 Å². The molecule has 1 atom stereocenters. The first-order valence-electron chi connectivity index (χ1n) is 7.19. The quantitative estimate of drug-likeness (QED) is 0.858. The Morgan fingerprint density at radius 3 is 2.55 bits per heavy atom. The summed E-state index contributed by atoms with van der Waals surface area (Å²) in [5.41, 5.74) is 0.101. The molecule has 0 aliphatic carbocycles. The predicted octanol–water partition coefficient (Wildman–Crippen LogP) is 3.46. The third-order valence-corrected chi connectivity index (χ3v) is 3.20. The Morgan fingerprint density at radius 1 is 1.32 bits per heavy atom. The van der Waals surface area contributed by atoms with Crippen LogP contribution in [0.2, 0.25) is 0 Å². The third-order valence-electron chi connectivity index (χ3n) is 3.20. The molecule has 0 spiro atoms. The molecule has 2 rings (SSSR count). The van der Waals surface area contributed by atoms with Crippen LogP contribution in [0.25, 0.3) is 0 Å². The van der Waals surface area contributed by atoms with Gasteiger partial charge < -0.3 is 9.47 Å². The Bertz CT molecular complexity index is 514. The molecule has 1 saturated heterocycles. The molecule has 0 bridgehead atoms. The maximum atomic E-state index is 14.0. The van der Waals surface area contributed by atoms with Crippen LogP contribution < -0.4 is 0 Å². The van der Waals surface area contributed by atoms with Crippen molar-refractivity contribution in [2.45, 2.75) is 45.0 Å². The molecule has 1 aliphatic heterocycles. The average Bonchev–Trinajstić information content (AvgIpc) is 2.71. The van der Waals surface area contributed by atoms with Crippen LogP contribution in [0.5, 0.6) is 0 Å². The van der Waals surface area contributed by atoms with Crippen molar-refractivity contribution in [2.75, 3.05) is 13.1 Å². The predicted molar refractivity (Wildman–Crippen MR) is 77.8 cm³/mol. The van der Waals surface area contributed by atoms with Crippen LogP contribution in [0, 0.1) is 0 Å². The molecule has 0 N–H and O–H groups in total. The maximum Gasteiger partial charge on any atom is 0.410 e. The highest BCUT2D eigenvalue weighted by molar-refractivity contribution is 5.68. The molecule has 0 aromatic heterocycles. The Morgan fingerprint density at radius 2 is 1.95 bits per heavy atom. The first kappa shape index (κ1) is 16.7. The van der Waals surface area contributed by atoms with Crippen LogP contribution in [0.1, 0.15) is 26.3 Å². The van der Waals surface area contributed by atoms with Crippen molar-refractivity contribution in [3.8, 4) is 0 Å².